The van der Waals surface area contributed by atoms with Gasteiger partial charge in [0.1, 0.15) is 11.7 Å². The molecule has 3 aromatic rings. The third-order valence-corrected chi connectivity index (χ3v) is 9.46. The zero-order valence-electron chi connectivity index (χ0n) is 23.0. The lowest BCUT2D eigenvalue weighted by atomic mass is 10.0. The summed E-state index contributed by atoms with van der Waals surface area (Å²) in [5.41, 5.74) is 2.71. The normalized spacial score (nSPS) is 22.8. The molecule has 0 radical (unpaired) electrons. The van der Waals surface area contributed by atoms with Gasteiger partial charge in [0.2, 0.25) is 0 Å². The van der Waals surface area contributed by atoms with Gasteiger partial charge in [0.15, 0.2) is 5.82 Å². The second kappa shape index (κ2) is 10.5. The van der Waals surface area contributed by atoms with Crippen LogP contribution in [0.4, 0.5) is 20.7 Å². The van der Waals surface area contributed by atoms with E-state index in [0.29, 0.717) is 29.4 Å². The van der Waals surface area contributed by atoms with Crippen molar-refractivity contribution in [3.63, 3.8) is 0 Å². The highest BCUT2D eigenvalue weighted by Crippen LogP contribution is 2.60. The van der Waals surface area contributed by atoms with E-state index in [1.54, 1.807) is 35.6 Å². The topological polar surface area (TPSA) is 89.3 Å². The van der Waals surface area contributed by atoms with Gasteiger partial charge >= 0.3 is 6.09 Å². The predicted octanol–water partition coefficient (Wildman–Crippen LogP) is 7.46. The Morgan fingerprint density at radius 1 is 1.07 bits per heavy atom. The van der Waals surface area contributed by atoms with Crippen molar-refractivity contribution in [3.8, 4) is 11.3 Å². The number of halogens is 2. The number of anilines is 2. The van der Waals surface area contributed by atoms with Crippen molar-refractivity contribution in [1.82, 2.24) is 14.8 Å². The van der Waals surface area contributed by atoms with Crippen LogP contribution in [0.25, 0.3) is 11.3 Å². The molecule has 1 aromatic heterocycles. The van der Waals surface area contributed by atoms with Crippen LogP contribution in [-0.2, 0) is 4.57 Å². The first-order valence-electron chi connectivity index (χ1n) is 13.2. The summed E-state index contributed by atoms with van der Waals surface area (Å²) in [5, 5.41) is 9.89. The summed E-state index contributed by atoms with van der Waals surface area (Å²) in [5.74, 6) is 0.459. The Bertz CT molecular complexity index is 1560. The molecule has 3 heterocycles. The molecule has 0 saturated carbocycles. The molecular formula is C29H32ClFN5O3P. The molecule has 0 spiro atoms. The first-order chi connectivity index (χ1) is 18.9. The maximum absolute atomic E-state index is 14.9. The van der Waals surface area contributed by atoms with Crippen LogP contribution in [0, 0.1) is 5.82 Å². The van der Waals surface area contributed by atoms with Crippen LogP contribution < -0.4 is 4.67 Å². The van der Waals surface area contributed by atoms with Crippen LogP contribution in [-0.4, -0.2) is 63.7 Å². The Morgan fingerprint density at radius 2 is 1.75 bits per heavy atom. The van der Waals surface area contributed by atoms with Crippen LogP contribution in [0.3, 0.4) is 0 Å². The molecule has 1 N–H and O–H groups in total. The molecule has 210 valence electrons. The predicted molar refractivity (Wildman–Crippen MR) is 158 cm³/mol. The number of carboxylic acid groups (broad SMARTS) is 1. The van der Waals surface area contributed by atoms with Crippen LogP contribution in [0.15, 0.2) is 59.4 Å². The fourth-order valence-corrected chi connectivity index (χ4v) is 7.48. The van der Waals surface area contributed by atoms with Gasteiger partial charge in [-0.15, -0.1) is 0 Å². The number of piperazine rings is 1. The number of fused-ring (bicyclic) bond motifs is 1. The van der Waals surface area contributed by atoms with E-state index >= 15 is 0 Å². The molecule has 1 amide bonds. The van der Waals surface area contributed by atoms with Gasteiger partial charge in [0.05, 0.1) is 22.0 Å². The minimum Gasteiger partial charge on any atom is -0.465 e. The SMILES string of the molecule is CC(C)c1ccccc1N1c2nc(-c3ccccc3F)c(Cl)cc2C(N2CC(C)N(C(=O)O)CC2C)=NP1(C)=O. The Hall–Kier alpha value is -3.42. The number of aromatic nitrogens is 1. The number of amidine groups is 1. The van der Waals surface area contributed by atoms with Crippen molar-refractivity contribution >= 4 is 42.5 Å². The van der Waals surface area contributed by atoms with E-state index < -0.39 is 19.4 Å². The van der Waals surface area contributed by atoms with Gasteiger partial charge in [-0.2, -0.15) is 4.76 Å². The second-order valence-electron chi connectivity index (χ2n) is 10.7. The molecule has 2 aromatic carbocycles. The van der Waals surface area contributed by atoms with Gasteiger partial charge in [-0.3, -0.25) is 9.24 Å². The minimum absolute atomic E-state index is 0.119. The van der Waals surface area contributed by atoms with Crippen molar-refractivity contribution in [2.24, 2.45) is 4.76 Å². The van der Waals surface area contributed by atoms with E-state index in [-0.39, 0.29) is 40.8 Å². The molecule has 40 heavy (non-hydrogen) atoms. The third kappa shape index (κ3) is 4.86. The maximum atomic E-state index is 14.9. The first kappa shape index (κ1) is 28.1. The number of amides is 1. The average molecular weight is 584 g/mol. The van der Waals surface area contributed by atoms with Crippen LogP contribution in [0.5, 0.6) is 0 Å². The quantitative estimate of drug-likeness (QED) is 0.322. The van der Waals surface area contributed by atoms with Crippen molar-refractivity contribution in [1.29, 1.82) is 0 Å². The maximum Gasteiger partial charge on any atom is 0.407 e. The number of hydrogen-bond acceptors (Lipinski definition) is 4. The molecule has 2 aliphatic heterocycles. The molecule has 8 nitrogen and oxygen atoms in total. The van der Waals surface area contributed by atoms with Gasteiger partial charge in [-0.05, 0) is 49.6 Å². The number of nitrogens with zero attached hydrogens (tertiary/aromatic N) is 5. The monoisotopic (exact) mass is 583 g/mol. The fraction of sp³-hybridized carbons (Fsp3) is 0.345. The summed E-state index contributed by atoms with van der Waals surface area (Å²) in [7, 11) is -3.51. The Balaban J connectivity index is 1.75. The Morgan fingerprint density at radius 3 is 2.42 bits per heavy atom. The zero-order chi connectivity index (χ0) is 28.9. The van der Waals surface area contributed by atoms with Gasteiger partial charge in [0, 0.05) is 37.4 Å². The molecule has 1 fully saturated rings. The second-order valence-corrected chi connectivity index (χ2v) is 13.4. The van der Waals surface area contributed by atoms with Gasteiger partial charge in [-0.1, -0.05) is 55.8 Å². The molecule has 3 atom stereocenters. The smallest absolute Gasteiger partial charge is 0.407 e. The number of hydrogen-bond donors (Lipinski definition) is 1. The van der Waals surface area contributed by atoms with Crippen molar-refractivity contribution < 1.29 is 18.9 Å². The third-order valence-electron chi connectivity index (χ3n) is 7.47. The number of benzene rings is 2. The van der Waals surface area contributed by atoms with E-state index in [2.05, 4.69) is 13.8 Å². The first-order valence-corrected chi connectivity index (χ1v) is 15.6. The van der Waals surface area contributed by atoms with Gasteiger partial charge in [0.25, 0.3) is 7.44 Å². The number of carbonyl (C=O) groups is 1. The lowest BCUT2D eigenvalue weighted by Gasteiger charge is -2.46. The lowest BCUT2D eigenvalue weighted by molar-refractivity contribution is 0.0751. The van der Waals surface area contributed by atoms with E-state index in [1.165, 1.54) is 11.0 Å². The molecular weight excluding hydrogens is 552 g/mol. The summed E-state index contributed by atoms with van der Waals surface area (Å²) >= 11 is 6.77. The lowest BCUT2D eigenvalue weighted by Crippen LogP contribution is -2.59. The Labute approximate surface area is 238 Å². The molecule has 1 saturated heterocycles. The van der Waals surface area contributed by atoms with E-state index in [4.69, 9.17) is 21.3 Å². The summed E-state index contributed by atoms with van der Waals surface area (Å²) in [4.78, 5) is 20.1. The van der Waals surface area contributed by atoms with Crippen LogP contribution in [0.1, 0.15) is 44.7 Å². The van der Waals surface area contributed by atoms with E-state index in [9.17, 15) is 18.9 Å². The highest BCUT2D eigenvalue weighted by Gasteiger charge is 2.42. The number of rotatable bonds is 3. The summed E-state index contributed by atoms with van der Waals surface area (Å²) < 4.78 is 36.0. The average Bonchev–Trinajstić information content (AvgIpc) is 2.89. The molecule has 11 heteroatoms. The molecule has 0 aliphatic carbocycles. The van der Waals surface area contributed by atoms with Crippen LogP contribution >= 0.6 is 19.0 Å². The number of para-hydroxylation sites is 1. The highest BCUT2D eigenvalue weighted by atomic mass is 35.5. The Kier molecular flexibility index (Phi) is 7.40. The van der Waals surface area contributed by atoms with Crippen LogP contribution in [0.2, 0.25) is 5.02 Å². The summed E-state index contributed by atoms with van der Waals surface area (Å²) in [6.45, 7) is 10.1. The molecule has 3 unspecified atom stereocenters. The molecule has 0 bridgehead atoms. The fourth-order valence-electron chi connectivity index (χ4n) is 5.48. The molecule has 2 aliphatic rings. The van der Waals surface area contributed by atoms with Gasteiger partial charge in [-0.25, -0.2) is 14.2 Å². The highest BCUT2D eigenvalue weighted by molar-refractivity contribution is 7.64. The van der Waals surface area contributed by atoms with Gasteiger partial charge < -0.3 is 14.9 Å². The van der Waals surface area contributed by atoms with Crippen molar-refractivity contribution in [2.45, 2.75) is 45.7 Å². The summed E-state index contributed by atoms with van der Waals surface area (Å²) in [6, 6.07) is 15.1. The zero-order valence-corrected chi connectivity index (χ0v) is 24.7. The number of pyridine rings is 1. The summed E-state index contributed by atoms with van der Waals surface area (Å²) in [6.07, 6.45) is -0.984. The van der Waals surface area contributed by atoms with Crippen molar-refractivity contribution in [3.05, 3.63) is 76.6 Å². The minimum atomic E-state index is -3.51. The largest absolute Gasteiger partial charge is 0.465 e. The van der Waals surface area contributed by atoms with E-state index in [1.807, 2.05) is 43.0 Å². The van der Waals surface area contributed by atoms with Crippen molar-refractivity contribution in [2.75, 3.05) is 24.4 Å². The molecule has 5 rings (SSSR count). The standard InChI is InChI=1S/C29H32ClFN5O3P/c1-17(2)20-10-7-9-13-25(20)36-27-22(14-23(30)26(32-27)21-11-6-8-12-24(21)31)28(33-40(36,5)39)34-15-19(4)35(29(37)38)16-18(34)3/h6-14,17-19H,15-16H2,1-5H3,(H,37,38). The van der Waals surface area contributed by atoms with E-state index in [0.717, 1.165) is 5.56 Å².